The molecule has 0 aliphatic rings. The molecule has 1 nitrogen and oxygen atoms in total. The average molecular weight is 588 g/mol. The van der Waals surface area contributed by atoms with Crippen LogP contribution in [0.25, 0.3) is 29.6 Å². The Hall–Kier alpha value is -0.310. The minimum Gasteiger partial charge on any atom is -0.293 e. The number of Topliss-reactive ketones (excluding diaryl/α,β-unsaturated/α-hetero) is 1. The molecule has 0 fully saturated rings. The third-order valence-corrected chi connectivity index (χ3v) is 11.1. The minimum atomic E-state index is 0.139. The van der Waals surface area contributed by atoms with Crippen molar-refractivity contribution >= 4 is 93.1 Å². The van der Waals surface area contributed by atoms with Gasteiger partial charge in [-0.1, -0.05) is 26.7 Å². The third kappa shape index (κ3) is 4.51. The number of hydrogen-bond donors (Lipinski definition) is 0. The first-order valence-electron chi connectivity index (χ1n) is 9.63. The van der Waals surface area contributed by atoms with Crippen LogP contribution in [0.5, 0.6) is 0 Å². The summed E-state index contributed by atoms with van der Waals surface area (Å²) < 4.78 is 3.51. The van der Waals surface area contributed by atoms with Crippen molar-refractivity contribution in [3.8, 4) is 19.5 Å². The fourth-order valence-corrected chi connectivity index (χ4v) is 9.15. The second kappa shape index (κ2) is 9.45. The number of hydrogen-bond acceptors (Lipinski definition) is 5. The average Bonchev–Trinajstić information content (AvgIpc) is 3.46. The van der Waals surface area contributed by atoms with Gasteiger partial charge in [0, 0.05) is 21.1 Å². The van der Waals surface area contributed by atoms with E-state index in [2.05, 4.69) is 76.0 Å². The van der Waals surface area contributed by atoms with Gasteiger partial charge in [0.15, 0.2) is 5.78 Å². The molecule has 0 aliphatic heterocycles. The number of ketones is 1. The van der Waals surface area contributed by atoms with Gasteiger partial charge in [0.2, 0.25) is 0 Å². The molecule has 1 unspecified atom stereocenters. The van der Waals surface area contributed by atoms with Crippen LogP contribution in [0.15, 0.2) is 37.9 Å². The monoisotopic (exact) mass is 586 g/mol. The summed E-state index contributed by atoms with van der Waals surface area (Å²) in [6.45, 7) is 4.33. The zero-order chi connectivity index (χ0) is 20.5. The first kappa shape index (κ1) is 21.9. The zero-order valence-electron chi connectivity index (χ0n) is 16.1. The van der Waals surface area contributed by atoms with Gasteiger partial charge in [-0.25, -0.2) is 0 Å². The number of halogens is 2. The zero-order valence-corrected chi connectivity index (χ0v) is 22.5. The SMILES string of the molecule is CCCCC(CC)C(=O)c1cc2c(-c3ccc(Br)s3)sc(-c3ccc(Br)s3)c2s1. The number of fused-ring (bicyclic) bond motifs is 1. The van der Waals surface area contributed by atoms with Crippen molar-refractivity contribution in [2.24, 2.45) is 5.92 Å². The van der Waals surface area contributed by atoms with Crippen molar-refractivity contribution in [1.82, 2.24) is 0 Å². The van der Waals surface area contributed by atoms with Gasteiger partial charge in [0.25, 0.3) is 0 Å². The molecule has 0 spiro atoms. The fraction of sp³-hybridized carbons (Fsp3) is 0.318. The van der Waals surface area contributed by atoms with E-state index in [1.165, 1.54) is 29.6 Å². The maximum Gasteiger partial charge on any atom is 0.175 e. The van der Waals surface area contributed by atoms with Crippen LogP contribution >= 0.6 is 77.2 Å². The summed E-state index contributed by atoms with van der Waals surface area (Å²) in [5.41, 5.74) is 0. The summed E-state index contributed by atoms with van der Waals surface area (Å²) in [7, 11) is 0. The second-order valence-corrected chi connectivity index (χ2v) is 13.9. The maximum atomic E-state index is 13.3. The predicted molar refractivity (Wildman–Crippen MR) is 139 cm³/mol. The number of carbonyl (C=O) groups is 1. The first-order chi connectivity index (χ1) is 14.0. The molecule has 0 amide bonds. The highest BCUT2D eigenvalue weighted by Crippen LogP contribution is 2.51. The van der Waals surface area contributed by atoms with Crippen LogP contribution < -0.4 is 0 Å². The van der Waals surface area contributed by atoms with Gasteiger partial charge in [-0.05, 0) is 75.0 Å². The number of unbranched alkanes of at least 4 members (excludes halogenated alkanes) is 1. The van der Waals surface area contributed by atoms with Gasteiger partial charge in [-0.3, -0.25) is 4.79 Å². The highest BCUT2D eigenvalue weighted by molar-refractivity contribution is 9.11. The Kier molecular flexibility index (Phi) is 7.14. The van der Waals surface area contributed by atoms with E-state index in [4.69, 9.17) is 0 Å². The molecule has 152 valence electrons. The Balaban J connectivity index is 1.83. The molecule has 4 rings (SSSR count). The van der Waals surface area contributed by atoms with Crippen molar-refractivity contribution in [3.05, 3.63) is 42.8 Å². The molecule has 29 heavy (non-hydrogen) atoms. The van der Waals surface area contributed by atoms with Gasteiger partial charge in [0.05, 0.1) is 26.9 Å². The van der Waals surface area contributed by atoms with Crippen molar-refractivity contribution in [3.63, 3.8) is 0 Å². The Labute approximate surface area is 204 Å². The van der Waals surface area contributed by atoms with E-state index in [-0.39, 0.29) is 5.92 Å². The van der Waals surface area contributed by atoms with Gasteiger partial charge in [-0.2, -0.15) is 0 Å². The van der Waals surface area contributed by atoms with Crippen LogP contribution in [0, 0.1) is 5.92 Å². The summed E-state index contributed by atoms with van der Waals surface area (Å²) in [4.78, 5) is 19.2. The standard InChI is InChI=1S/C22H20Br2OS4/c1-3-5-6-12(4-2)19(25)16-11-13-20(14-7-9-17(23)26-14)29-22(21(13)28-16)15-8-10-18(24)27-15/h7-12H,3-6H2,1-2H3. The molecule has 4 heterocycles. The fourth-order valence-electron chi connectivity index (χ4n) is 3.44. The van der Waals surface area contributed by atoms with Gasteiger partial charge < -0.3 is 0 Å². The second-order valence-electron chi connectivity index (χ2n) is 6.93. The van der Waals surface area contributed by atoms with Crippen LogP contribution in [-0.4, -0.2) is 5.78 Å². The van der Waals surface area contributed by atoms with Crippen molar-refractivity contribution in [2.45, 2.75) is 39.5 Å². The number of carbonyl (C=O) groups excluding carboxylic acids is 1. The Morgan fingerprint density at radius 1 is 0.931 bits per heavy atom. The highest BCUT2D eigenvalue weighted by atomic mass is 79.9. The lowest BCUT2D eigenvalue weighted by atomic mass is 9.94. The third-order valence-electron chi connectivity index (χ3n) is 4.99. The molecule has 4 aromatic heterocycles. The highest BCUT2D eigenvalue weighted by Gasteiger charge is 2.24. The molecular weight excluding hydrogens is 568 g/mol. The summed E-state index contributed by atoms with van der Waals surface area (Å²) in [5.74, 6) is 0.462. The maximum absolute atomic E-state index is 13.3. The molecule has 0 bridgehead atoms. The first-order valence-corrected chi connectivity index (χ1v) is 14.5. The largest absolute Gasteiger partial charge is 0.293 e. The van der Waals surface area contributed by atoms with Gasteiger partial charge in [0.1, 0.15) is 0 Å². The van der Waals surface area contributed by atoms with Gasteiger partial charge >= 0.3 is 0 Å². The molecular formula is C22H20Br2OS4. The van der Waals surface area contributed by atoms with E-state index in [0.717, 1.165) is 38.1 Å². The number of rotatable bonds is 8. The summed E-state index contributed by atoms with van der Waals surface area (Å²) in [5, 5.41) is 1.22. The van der Waals surface area contributed by atoms with Crippen LogP contribution in [0.2, 0.25) is 0 Å². The molecule has 7 heteroatoms. The molecule has 1 atom stereocenters. The van der Waals surface area contributed by atoms with E-state index in [1.807, 2.05) is 11.3 Å². The molecule has 0 aliphatic carbocycles. The molecule has 0 aromatic carbocycles. The minimum absolute atomic E-state index is 0.139. The normalized spacial score (nSPS) is 12.7. The lowest BCUT2D eigenvalue weighted by molar-refractivity contribution is 0.0912. The molecule has 0 saturated carbocycles. The van der Waals surface area contributed by atoms with E-state index in [9.17, 15) is 4.79 Å². The topological polar surface area (TPSA) is 17.1 Å². The summed E-state index contributed by atoms with van der Waals surface area (Å²) >= 11 is 14.2. The van der Waals surface area contributed by atoms with Crippen molar-refractivity contribution < 1.29 is 4.79 Å². The Morgan fingerprint density at radius 3 is 2.14 bits per heavy atom. The lowest BCUT2D eigenvalue weighted by Crippen LogP contribution is -2.12. The van der Waals surface area contributed by atoms with E-state index >= 15 is 0 Å². The summed E-state index contributed by atoms with van der Waals surface area (Å²) in [6, 6.07) is 10.7. The van der Waals surface area contributed by atoms with Crippen LogP contribution in [0.3, 0.4) is 0 Å². The lowest BCUT2D eigenvalue weighted by Gasteiger charge is -2.11. The molecule has 4 aromatic rings. The van der Waals surface area contributed by atoms with Crippen molar-refractivity contribution in [1.29, 1.82) is 0 Å². The Bertz CT molecular complexity index is 1070. The van der Waals surface area contributed by atoms with E-state index < -0.39 is 0 Å². The van der Waals surface area contributed by atoms with E-state index in [0.29, 0.717) is 5.78 Å². The van der Waals surface area contributed by atoms with E-state index in [1.54, 1.807) is 34.0 Å². The van der Waals surface area contributed by atoms with Crippen LogP contribution in [0.1, 0.15) is 49.2 Å². The molecule has 0 radical (unpaired) electrons. The molecule has 0 N–H and O–H groups in total. The van der Waals surface area contributed by atoms with Crippen LogP contribution in [0.4, 0.5) is 0 Å². The van der Waals surface area contributed by atoms with Crippen LogP contribution in [-0.2, 0) is 0 Å². The summed E-state index contributed by atoms with van der Waals surface area (Å²) in [6.07, 6.45) is 4.16. The van der Waals surface area contributed by atoms with Crippen molar-refractivity contribution in [2.75, 3.05) is 0 Å². The quantitative estimate of drug-likeness (QED) is 0.187. The predicted octanol–water partition coefficient (Wildman–Crippen LogP) is 10.3. The molecule has 0 saturated heterocycles. The number of thiophene rings is 4. The Morgan fingerprint density at radius 2 is 1.59 bits per heavy atom. The van der Waals surface area contributed by atoms with Gasteiger partial charge in [-0.15, -0.1) is 45.3 Å². The smallest absolute Gasteiger partial charge is 0.175 e.